The smallest absolute Gasteiger partial charge is 0.164 e. The number of aromatic nitrogens is 3. The summed E-state index contributed by atoms with van der Waals surface area (Å²) in [7, 11) is 1.94. The van der Waals surface area contributed by atoms with Crippen LogP contribution in [0.25, 0.3) is 0 Å². The van der Waals surface area contributed by atoms with E-state index in [1.807, 2.05) is 11.7 Å². The van der Waals surface area contributed by atoms with Crippen LogP contribution in [0.4, 0.5) is 0 Å². The molecule has 90 valence electrons. The summed E-state index contributed by atoms with van der Waals surface area (Å²) in [6.07, 6.45) is 1.80. The predicted molar refractivity (Wildman–Crippen MR) is 60.0 cm³/mol. The third-order valence-electron chi connectivity index (χ3n) is 2.64. The van der Waals surface area contributed by atoms with E-state index in [2.05, 4.69) is 20.3 Å². The zero-order valence-corrected chi connectivity index (χ0v) is 9.72. The molecule has 1 aliphatic heterocycles. The van der Waals surface area contributed by atoms with Crippen LogP contribution in [0.15, 0.2) is 6.33 Å². The largest absolute Gasteiger partial charge is 0.379 e. The van der Waals surface area contributed by atoms with E-state index in [0.29, 0.717) is 0 Å². The Morgan fingerprint density at radius 3 is 3.00 bits per heavy atom. The average molecular weight is 225 g/mol. The summed E-state index contributed by atoms with van der Waals surface area (Å²) < 4.78 is 7.18. The van der Waals surface area contributed by atoms with Gasteiger partial charge in [0, 0.05) is 19.6 Å². The fourth-order valence-electron chi connectivity index (χ4n) is 1.70. The molecule has 0 saturated carbocycles. The minimum Gasteiger partial charge on any atom is -0.379 e. The highest BCUT2D eigenvalue weighted by atomic mass is 16.5. The number of hydrogen-bond donors (Lipinski definition) is 1. The zero-order valence-electron chi connectivity index (χ0n) is 9.72. The molecule has 6 heteroatoms. The van der Waals surface area contributed by atoms with Crippen molar-refractivity contribution >= 4 is 0 Å². The molecule has 0 aromatic carbocycles. The highest BCUT2D eigenvalue weighted by Gasteiger charge is 2.12. The average Bonchev–Trinajstić information content (AvgIpc) is 2.75. The lowest BCUT2D eigenvalue weighted by atomic mass is 10.4. The first-order valence-electron chi connectivity index (χ1n) is 5.71. The third kappa shape index (κ3) is 3.26. The molecule has 1 aromatic rings. The Morgan fingerprint density at radius 1 is 1.44 bits per heavy atom. The lowest BCUT2D eigenvalue weighted by Crippen LogP contribution is -2.36. The van der Waals surface area contributed by atoms with E-state index in [-0.39, 0.29) is 0 Å². The first-order valence-corrected chi connectivity index (χ1v) is 5.71. The maximum atomic E-state index is 5.30. The van der Waals surface area contributed by atoms with Crippen molar-refractivity contribution in [2.24, 2.45) is 0 Å². The van der Waals surface area contributed by atoms with Gasteiger partial charge in [-0.1, -0.05) is 0 Å². The summed E-state index contributed by atoms with van der Waals surface area (Å²) in [5, 5.41) is 7.52. The standard InChI is InChI=1S/C10H19N5O/c1-11-2-3-15-9-12-10(13-15)8-14-4-6-16-7-5-14/h9,11H,2-8H2,1H3. The van der Waals surface area contributed by atoms with Gasteiger partial charge < -0.3 is 10.1 Å². The number of hydrogen-bond acceptors (Lipinski definition) is 5. The summed E-state index contributed by atoms with van der Waals surface area (Å²) in [6.45, 7) is 6.21. The summed E-state index contributed by atoms with van der Waals surface area (Å²) in [5.74, 6) is 0.901. The van der Waals surface area contributed by atoms with Crippen molar-refractivity contribution in [1.29, 1.82) is 0 Å². The van der Waals surface area contributed by atoms with Crippen molar-refractivity contribution in [3.05, 3.63) is 12.2 Å². The van der Waals surface area contributed by atoms with Gasteiger partial charge in [0.25, 0.3) is 0 Å². The predicted octanol–water partition coefficient (Wildman–Crippen LogP) is -0.670. The van der Waals surface area contributed by atoms with Gasteiger partial charge in [-0.25, -0.2) is 4.98 Å². The Labute approximate surface area is 95.6 Å². The first kappa shape index (κ1) is 11.5. The van der Waals surface area contributed by atoms with Crippen molar-refractivity contribution in [2.75, 3.05) is 39.9 Å². The van der Waals surface area contributed by atoms with Crippen LogP contribution < -0.4 is 5.32 Å². The number of nitrogens with one attached hydrogen (secondary N) is 1. The second-order valence-corrected chi connectivity index (χ2v) is 3.92. The molecule has 1 aromatic heterocycles. The normalized spacial score (nSPS) is 17.8. The lowest BCUT2D eigenvalue weighted by Gasteiger charge is -2.25. The van der Waals surface area contributed by atoms with Crippen molar-refractivity contribution in [2.45, 2.75) is 13.1 Å². The minimum absolute atomic E-state index is 0.820. The molecule has 0 aliphatic carbocycles. The molecule has 1 aliphatic rings. The van der Waals surface area contributed by atoms with Gasteiger partial charge >= 0.3 is 0 Å². The SMILES string of the molecule is CNCCn1cnc(CN2CCOCC2)n1. The number of morpholine rings is 1. The Morgan fingerprint density at radius 2 is 2.25 bits per heavy atom. The van der Waals surface area contributed by atoms with E-state index in [1.54, 1.807) is 6.33 Å². The molecular weight excluding hydrogens is 206 g/mol. The molecule has 16 heavy (non-hydrogen) atoms. The maximum Gasteiger partial charge on any atom is 0.164 e. The summed E-state index contributed by atoms with van der Waals surface area (Å²) >= 11 is 0. The van der Waals surface area contributed by atoms with Crippen molar-refractivity contribution in [1.82, 2.24) is 25.0 Å². The molecule has 2 heterocycles. The fraction of sp³-hybridized carbons (Fsp3) is 0.800. The number of rotatable bonds is 5. The van der Waals surface area contributed by atoms with Gasteiger partial charge in [0.2, 0.25) is 0 Å². The number of nitrogens with zero attached hydrogens (tertiary/aromatic N) is 4. The van der Waals surface area contributed by atoms with Crippen LogP contribution >= 0.6 is 0 Å². The van der Waals surface area contributed by atoms with Crippen LogP contribution in [0.5, 0.6) is 0 Å². The molecule has 0 spiro atoms. The molecular formula is C10H19N5O. The van der Waals surface area contributed by atoms with Crippen LogP contribution in [0.3, 0.4) is 0 Å². The van der Waals surface area contributed by atoms with E-state index in [9.17, 15) is 0 Å². The second-order valence-electron chi connectivity index (χ2n) is 3.92. The van der Waals surface area contributed by atoms with Crippen molar-refractivity contribution < 1.29 is 4.74 Å². The maximum absolute atomic E-state index is 5.30. The molecule has 0 atom stereocenters. The highest BCUT2D eigenvalue weighted by molar-refractivity contribution is 4.82. The Bertz CT molecular complexity index is 308. The van der Waals surface area contributed by atoms with Gasteiger partial charge in [-0.15, -0.1) is 0 Å². The summed E-state index contributed by atoms with van der Waals surface area (Å²) in [4.78, 5) is 6.63. The minimum atomic E-state index is 0.820. The summed E-state index contributed by atoms with van der Waals surface area (Å²) in [5.41, 5.74) is 0. The van der Waals surface area contributed by atoms with E-state index < -0.39 is 0 Å². The van der Waals surface area contributed by atoms with E-state index in [1.165, 1.54) is 0 Å². The summed E-state index contributed by atoms with van der Waals surface area (Å²) in [6, 6.07) is 0. The van der Waals surface area contributed by atoms with Crippen LogP contribution in [0, 0.1) is 0 Å². The number of ether oxygens (including phenoxy) is 1. The Hall–Kier alpha value is -0.980. The molecule has 0 amide bonds. The Kier molecular flexibility index (Phi) is 4.26. The van der Waals surface area contributed by atoms with Crippen molar-refractivity contribution in [3.63, 3.8) is 0 Å². The van der Waals surface area contributed by atoms with Gasteiger partial charge in [0.15, 0.2) is 5.82 Å². The first-order chi connectivity index (χ1) is 7.88. The van der Waals surface area contributed by atoms with Crippen LogP contribution in [0.1, 0.15) is 5.82 Å². The van der Waals surface area contributed by atoms with E-state index >= 15 is 0 Å². The quantitative estimate of drug-likeness (QED) is 0.720. The molecule has 1 saturated heterocycles. The zero-order chi connectivity index (χ0) is 11.2. The molecule has 6 nitrogen and oxygen atoms in total. The van der Waals surface area contributed by atoms with Gasteiger partial charge in [-0.2, -0.15) is 5.10 Å². The fourth-order valence-corrected chi connectivity index (χ4v) is 1.70. The van der Waals surface area contributed by atoms with Crippen LogP contribution in [-0.2, 0) is 17.8 Å². The third-order valence-corrected chi connectivity index (χ3v) is 2.64. The molecule has 0 radical (unpaired) electrons. The second kappa shape index (κ2) is 5.93. The van der Waals surface area contributed by atoms with E-state index in [4.69, 9.17) is 4.74 Å². The molecule has 0 bridgehead atoms. The van der Waals surface area contributed by atoms with Crippen molar-refractivity contribution in [3.8, 4) is 0 Å². The van der Waals surface area contributed by atoms with E-state index in [0.717, 1.165) is 51.8 Å². The van der Waals surface area contributed by atoms with Crippen LogP contribution in [0.2, 0.25) is 0 Å². The van der Waals surface area contributed by atoms with Gasteiger partial charge in [-0.05, 0) is 7.05 Å². The molecule has 1 N–H and O–H groups in total. The van der Waals surface area contributed by atoms with Gasteiger partial charge in [-0.3, -0.25) is 9.58 Å². The monoisotopic (exact) mass is 225 g/mol. The molecule has 0 unspecified atom stereocenters. The lowest BCUT2D eigenvalue weighted by molar-refractivity contribution is 0.0330. The van der Waals surface area contributed by atoms with Gasteiger partial charge in [0.1, 0.15) is 6.33 Å². The molecule has 2 rings (SSSR count). The Balaban J connectivity index is 1.81. The topological polar surface area (TPSA) is 55.2 Å². The molecule has 1 fully saturated rings. The van der Waals surface area contributed by atoms with Gasteiger partial charge in [0.05, 0.1) is 26.3 Å². The number of likely N-dealkylation sites (N-methyl/N-ethyl adjacent to an activating group) is 1. The highest BCUT2D eigenvalue weighted by Crippen LogP contribution is 2.02. The van der Waals surface area contributed by atoms with Crippen LogP contribution in [-0.4, -0.2) is 59.6 Å².